The maximum Gasteiger partial charge on any atom is 0.335 e. The van der Waals surface area contributed by atoms with Crippen LogP contribution in [0, 0.1) is 33.8 Å². The van der Waals surface area contributed by atoms with E-state index in [4.69, 9.17) is 4.74 Å². The summed E-state index contributed by atoms with van der Waals surface area (Å²) in [4.78, 5) is 22.2. The Morgan fingerprint density at radius 2 is 2.16 bits per heavy atom. The van der Waals surface area contributed by atoms with Crippen LogP contribution in [0.25, 0.3) is 0 Å². The molecular weight excluding hydrogens is 322 g/mol. The fourth-order valence-electron chi connectivity index (χ4n) is 5.91. The lowest BCUT2D eigenvalue weighted by atomic mass is 9.71. The molecule has 0 heterocycles. The van der Waals surface area contributed by atoms with Gasteiger partial charge in [-0.15, -0.1) is 0 Å². The first-order valence-electron chi connectivity index (χ1n) is 9.16. The lowest BCUT2D eigenvalue weighted by Crippen LogP contribution is -2.46. The van der Waals surface area contributed by atoms with Gasteiger partial charge in [0.25, 0.3) is 0 Å². The van der Waals surface area contributed by atoms with Crippen LogP contribution in [-0.4, -0.2) is 21.6 Å². The predicted octanol–water partition coefficient (Wildman–Crippen LogP) is 4.28. The zero-order valence-electron chi connectivity index (χ0n) is 14.3. The summed E-state index contributed by atoms with van der Waals surface area (Å²) in [7, 11) is 0. The molecule has 1 N–H and O–H groups in total. The average molecular weight is 345 g/mol. The van der Waals surface area contributed by atoms with Crippen molar-refractivity contribution < 1.29 is 19.6 Å². The molecule has 0 saturated heterocycles. The highest BCUT2D eigenvalue weighted by molar-refractivity contribution is 5.88. The van der Waals surface area contributed by atoms with E-state index in [-0.39, 0.29) is 17.0 Å². The Morgan fingerprint density at radius 3 is 2.84 bits per heavy atom. The number of aromatic carboxylic acids is 1. The lowest BCUT2D eigenvalue weighted by molar-refractivity contribution is -0.386. The van der Waals surface area contributed by atoms with Gasteiger partial charge < -0.3 is 9.84 Å². The van der Waals surface area contributed by atoms with E-state index < -0.39 is 16.5 Å². The summed E-state index contributed by atoms with van der Waals surface area (Å²) in [5.74, 6) is 1.55. The predicted molar refractivity (Wildman–Crippen MR) is 90.8 cm³/mol. The third kappa shape index (κ3) is 2.41. The number of nitrogens with zero attached hydrogens (tertiary/aromatic N) is 1. The van der Waals surface area contributed by atoms with Crippen molar-refractivity contribution in [1.29, 1.82) is 0 Å². The zero-order valence-corrected chi connectivity index (χ0v) is 14.3. The number of hydrogen-bond donors (Lipinski definition) is 1. The molecule has 25 heavy (non-hydrogen) atoms. The number of carboxylic acids is 1. The molecule has 0 aliphatic heterocycles. The van der Waals surface area contributed by atoms with E-state index in [9.17, 15) is 20.0 Å². The van der Waals surface area contributed by atoms with Crippen molar-refractivity contribution in [2.75, 3.05) is 0 Å². The summed E-state index contributed by atoms with van der Waals surface area (Å²) in [5, 5.41) is 20.6. The number of ether oxygens (including phenoxy) is 1. The van der Waals surface area contributed by atoms with Crippen LogP contribution in [0.3, 0.4) is 0 Å². The van der Waals surface area contributed by atoms with Gasteiger partial charge >= 0.3 is 11.7 Å². The molecule has 3 fully saturated rings. The van der Waals surface area contributed by atoms with E-state index in [1.54, 1.807) is 0 Å². The number of benzene rings is 1. The van der Waals surface area contributed by atoms with Gasteiger partial charge in [0.2, 0.25) is 0 Å². The first kappa shape index (κ1) is 16.4. The van der Waals surface area contributed by atoms with Gasteiger partial charge in [-0.05, 0) is 55.9 Å². The molecule has 2 bridgehead atoms. The molecule has 0 aromatic heterocycles. The fraction of sp³-hybridized carbons (Fsp3) is 0.632. The van der Waals surface area contributed by atoms with Crippen LogP contribution in [0.2, 0.25) is 0 Å². The van der Waals surface area contributed by atoms with Gasteiger partial charge in [-0.3, -0.25) is 10.1 Å². The number of carbonyl (C=O) groups is 1. The summed E-state index contributed by atoms with van der Waals surface area (Å²) >= 11 is 0. The quantitative estimate of drug-likeness (QED) is 0.635. The minimum atomic E-state index is -1.10. The highest BCUT2D eigenvalue weighted by atomic mass is 16.6. The molecule has 3 aliphatic carbocycles. The smallest absolute Gasteiger partial charge is 0.335 e. The van der Waals surface area contributed by atoms with Gasteiger partial charge in [-0.1, -0.05) is 13.3 Å². The fourth-order valence-corrected chi connectivity index (χ4v) is 5.91. The zero-order chi connectivity index (χ0) is 17.8. The molecule has 0 radical (unpaired) electrons. The minimum absolute atomic E-state index is 0.0220. The van der Waals surface area contributed by atoms with Crippen molar-refractivity contribution in [2.45, 2.75) is 51.0 Å². The summed E-state index contributed by atoms with van der Waals surface area (Å²) < 4.78 is 6.33. The molecule has 3 aliphatic rings. The molecule has 6 nitrogen and oxygen atoms in total. The molecule has 5 atom stereocenters. The third-order valence-corrected chi connectivity index (χ3v) is 6.90. The first-order chi connectivity index (χ1) is 11.9. The summed E-state index contributed by atoms with van der Waals surface area (Å²) in [6, 6.07) is 3.82. The van der Waals surface area contributed by atoms with Gasteiger partial charge in [-0.2, -0.15) is 0 Å². The highest BCUT2D eigenvalue weighted by Crippen LogP contribution is 2.64. The maximum atomic E-state index is 11.4. The minimum Gasteiger partial charge on any atom is -0.480 e. The third-order valence-electron chi connectivity index (χ3n) is 6.90. The van der Waals surface area contributed by atoms with Crippen LogP contribution in [0.15, 0.2) is 18.2 Å². The van der Waals surface area contributed by atoms with Crippen LogP contribution in [0.5, 0.6) is 5.75 Å². The molecule has 1 aromatic rings. The topological polar surface area (TPSA) is 89.7 Å². The Labute approximate surface area is 146 Å². The Hall–Kier alpha value is -2.11. The van der Waals surface area contributed by atoms with E-state index >= 15 is 0 Å². The number of nitro groups is 1. The molecular formula is C19H23NO5. The molecule has 3 saturated carbocycles. The van der Waals surface area contributed by atoms with E-state index in [0.717, 1.165) is 25.2 Å². The first-order valence-corrected chi connectivity index (χ1v) is 9.16. The van der Waals surface area contributed by atoms with E-state index in [2.05, 4.69) is 6.92 Å². The Morgan fingerprint density at radius 1 is 1.40 bits per heavy atom. The van der Waals surface area contributed by atoms with Gasteiger partial charge in [0.15, 0.2) is 5.75 Å². The van der Waals surface area contributed by atoms with Crippen LogP contribution in [-0.2, 0) is 0 Å². The number of fused-ring (bicyclic) bond motifs is 5. The van der Waals surface area contributed by atoms with E-state index in [1.165, 1.54) is 37.5 Å². The normalized spacial score (nSPS) is 35.6. The van der Waals surface area contributed by atoms with Crippen molar-refractivity contribution in [3.05, 3.63) is 33.9 Å². The van der Waals surface area contributed by atoms with Crippen molar-refractivity contribution in [2.24, 2.45) is 23.7 Å². The monoisotopic (exact) mass is 345 g/mol. The molecule has 0 spiro atoms. The second kappa shape index (κ2) is 5.71. The van der Waals surface area contributed by atoms with E-state index in [0.29, 0.717) is 17.8 Å². The molecule has 4 rings (SSSR count). The van der Waals surface area contributed by atoms with E-state index in [1.807, 2.05) is 0 Å². The van der Waals surface area contributed by atoms with Gasteiger partial charge in [0, 0.05) is 18.1 Å². The Balaban J connectivity index is 1.70. The second-order valence-electron chi connectivity index (χ2n) is 7.83. The molecule has 134 valence electrons. The van der Waals surface area contributed by atoms with Gasteiger partial charge in [-0.25, -0.2) is 4.79 Å². The molecule has 6 heteroatoms. The number of nitro benzene ring substituents is 1. The van der Waals surface area contributed by atoms with Crippen LogP contribution in [0.1, 0.15) is 55.8 Å². The van der Waals surface area contributed by atoms with Gasteiger partial charge in [0.05, 0.1) is 10.5 Å². The maximum absolute atomic E-state index is 11.4. The van der Waals surface area contributed by atoms with Crippen LogP contribution < -0.4 is 4.74 Å². The van der Waals surface area contributed by atoms with Crippen molar-refractivity contribution in [3.63, 3.8) is 0 Å². The molecule has 1 aromatic carbocycles. The summed E-state index contributed by atoms with van der Waals surface area (Å²) in [6.45, 7) is 2.08. The number of hydrogen-bond acceptors (Lipinski definition) is 4. The number of carboxylic acid groups (broad SMARTS) is 1. The van der Waals surface area contributed by atoms with Crippen LogP contribution >= 0.6 is 0 Å². The second-order valence-corrected chi connectivity index (χ2v) is 7.83. The Bertz CT molecular complexity index is 733. The summed E-state index contributed by atoms with van der Waals surface area (Å²) in [6.07, 6.45) is 6.69. The SMILES string of the molecule is CCC1(Oc2cc(C(=O)O)ccc2[N+](=O)[O-])CC2CC1C1CCCC21. The van der Waals surface area contributed by atoms with Crippen molar-refractivity contribution >= 4 is 11.7 Å². The van der Waals surface area contributed by atoms with Crippen LogP contribution in [0.4, 0.5) is 5.69 Å². The van der Waals surface area contributed by atoms with Crippen molar-refractivity contribution in [3.8, 4) is 5.75 Å². The average Bonchev–Trinajstić information content (AvgIpc) is 3.26. The highest BCUT2D eigenvalue weighted by Gasteiger charge is 2.61. The summed E-state index contributed by atoms with van der Waals surface area (Å²) in [5.41, 5.74) is -0.518. The Kier molecular flexibility index (Phi) is 3.74. The number of rotatable bonds is 5. The van der Waals surface area contributed by atoms with Crippen molar-refractivity contribution in [1.82, 2.24) is 0 Å². The molecule has 0 amide bonds. The lowest BCUT2D eigenvalue weighted by Gasteiger charge is -2.42. The molecule has 5 unspecified atom stereocenters. The standard InChI is InChI=1S/C19H23NO5/c1-2-19(10-12-8-15(19)14-5-3-4-13(12)14)25-17-9-11(18(21)22)6-7-16(17)20(23)24/h6-7,9,12-15H,2-5,8,10H2,1H3,(H,21,22). The van der Waals surface area contributed by atoms with Gasteiger partial charge in [0.1, 0.15) is 5.60 Å². The largest absolute Gasteiger partial charge is 0.480 e.